The molecule has 2 aliphatic heterocycles. The zero-order chi connectivity index (χ0) is 17.7. The number of fused-ring (bicyclic) bond motifs is 1. The lowest BCUT2D eigenvalue weighted by Crippen LogP contribution is -2.48. The van der Waals surface area contributed by atoms with Crippen LogP contribution >= 0.6 is 0 Å². The van der Waals surface area contributed by atoms with Crippen molar-refractivity contribution in [2.24, 2.45) is 5.41 Å². The molecule has 0 radical (unpaired) electrons. The predicted octanol–water partition coefficient (Wildman–Crippen LogP) is 1.99. The molecule has 2 aliphatic rings. The molecule has 3 rings (SSSR count). The zero-order valence-corrected chi connectivity index (χ0v) is 14.8. The Morgan fingerprint density at radius 2 is 2.20 bits per heavy atom. The van der Waals surface area contributed by atoms with E-state index in [1.165, 1.54) is 0 Å². The van der Waals surface area contributed by atoms with Crippen LogP contribution in [0.1, 0.15) is 31.2 Å². The molecular formula is C19H27NO5. The van der Waals surface area contributed by atoms with E-state index in [1.54, 1.807) is 7.11 Å². The molecule has 2 heterocycles. The summed E-state index contributed by atoms with van der Waals surface area (Å²) in [6.45, 7) is 2.42. The molecule has 25 heavy (non-hydrogen) atoms. The van der Waals surface area contributed by atoms with Crippen LogP contribution in [0.5, 0.6) is 11.5 Å². The third-order valence-electron chi connectivity index (χ3n) is 5.20. The first kappa shape index (κ1) is 18.0. The van der Waals surface area contributed by atoms with Crippen LogP contribution in [0.15, 0.2) is 18.2 Å². The maximum atomic E-state index is 12.7. The molecule has 0 bridgehead atoms. The van der Waals surface area contributed by atoms with Crippen molar-refractivity contribution in [2.75, 3.05) is 40.2 Å². The molecule has 0 spiro atoms. The molecule has 1 amide bonds. The lowest BCUT2D eigenvalue weighted by molar-refractivity contribution is -0.135. The smallest absolute Gasteiger partial charge is 0.231 e. The number of hydrogen-bond donors (Lipinski definition) is 1. The molecule has 1 atom stereocenters. The molecular weight excluding hydrogens is 322 g/mol. The van der Waals surface area contributed by atoms with Gasteiger partial charge in [-0.15, -0.1) is 0 Å². The number of amides is 1. The highest BCUT2D eigenvalue weighted by molar-refractivity contribution is 5.79. The first-order valence-corrected chi connectivity index (χ1v) is 8.92. The number of ether oxygens (including phenoxy) is 3. The average Bonchev–Trinajstić information content (AvgIpc) is 3.10. The lowest BCUT2D eigenvalue weighted by atomic mass is 9.77. The molecule has 0 unspecified atom stereocenters. The molecule has 6 heteroatoms. The second-order valence-electron chi connectivity index (χ2n) is 7.04. The summed E-state index contributed by atoms with van der Waals surface area (Å²) >= 11 is 0. The van der Waals surface area contributed by atoms with E-state index in [-0.39, 0.29) is 24.7 Å². The number of carbonyl (C=O) groups excluding carboxylic acids is 1. The van der Waals surface area contributed by atoms with E-state index in [0.717, 1.165) is 43.5 Å². The minimum atomic E-state index is -0.193. The van der Waals surface area contributed by atoms with Crippen molar-refractivity contribution < 1.29 is 24.1 Å². The van der Waals surface area contributed by atoms with Crippen molar-refractivity contribution in [1.82, 2.24) is 4.90 Å². The van der Waals surface area contributed by atoms with Gasteiger partial charge in [-0.2, -0.15) is 0 Å². The molecule has 1 aromatic carbocycles. The van der Waals surface area contributed by atoms with Crippen molar-refractivity contribution in [3.05, 3.63) is 23.8 Å². The number of benzene rings is 1. The van der Waals surface area contributed by atoms with Gasteiger partial charge in [0, 0.05) is 32.2 Å². The second-order valence-corrected chi connectivity index (χ2v) is 7.04. The third kappa shape index (κ3) is 4.25. The van der Waals surface area contributed by atoms with Gasteiger partial charge in [-0.3, -0.25) is 4.79 Å². The summed E-state index contributed by atoms with van der Waals surface area (Å²) in [5, 5.41) is 9.93. The van der Waals surface area contributed by atoms with Gasteiger partial charge >= 0.3 is 0 Å². The monoisotopic (exact) mass is 349 g/mol. The average molecular weight is 349 g/mol. The summed E-state index contributed by atoms with van der Waals surface area (Å²) in [5.41, 5.74) is 0.732. The molecule has 0 aromatic heterocycles. The lowest BCUT2D eigenvalue weighted by Gasteiger charge is -2.42. The number of likely N-dealkylation sites (tertiary alicyclic amines) is 1. The maximum Gasteiger partial charge on any atom is 0.231 e. The molecule has 1 fully saturated rings. The first-order chi connectivity index (χ1) is 12.2. The number of piperidine rings is 1. The van der Waals surface area contributed by atoms with Crippen molar-refractivity contribution in [1.29, 1.82) is 0 Å². The Morgan fingerprint density at radius 1 is 1.36 bits per heavy atom. The summed E-state index contributed by atoms with van der Waals surface area (Å²) in [6, 6.07) is 5.64. The first-order valence-electron chi connectivity index (χ1n) is 8.92. The number of methoxy groups -OCH3 is 1. The van der Waals surface area contributed by atoms with Crippen LogP contribution in [0.25, 0.3) is 0 Å². The molecule has 0 aliphatic carbocycles. The van der Waals surface area contributed by atoms with Crippen LogP contribution in [0.4, 0.5) is 0 Å². The Balaban J connectivity index is 1.61. The standard InChI is InChI=1S/C19H27NO5/c1-23-9-3-7-19(13-21)6-2-8-20(12-19)18(22)11-15-4-5-16-17(10-15)25-14-24-16/h4-5,10,21H,2-3,6-9,11-14H2,1H3/t19-/m1/s1. The van der Waals surface area contributed by atoms with Gasteiger partial charge in [-0.1, -0.05) is 6.07 Å². The number of hydrogen-bond acceptors (Lipinski definition) is 5. The third-order valence-corrected chi connectivity index (χ3v) is 5.20. The number of aliphatic hydroxyl groups excluding tert-OH is 1. The fourth-order valence-electron chi connectivity index (χ4n) is 3.76. The second kappa shape index (κ2) is 8.06. The summed E-state index contributed by atoms with van der Waals surface area (Å²) < 4.78 is 15.8. The van der Waals surface area contributed by atoms with Crippen LogP contribution < -0.4 is 9.47 Å². The van der Waals surface area contributed by atoms with E-state index < -0.39 is 0 Å². The number of aliphatic hydroxyl groups is 1. The van der Waals surface area contributed by atoms with Gasteiger partial charge in [0.05, 0.1) is 13.0 Å². The molecule has 6 nitrogen and oxygen atoms in total. The van der Waals surface area contributed by atoms with E-state index >= 15 is 0 Å². The van der Waals surface area contributed by atoms with Gasteiger partial charge in [0.2, 0.25) is 12.7 Å². The van der Waals surface area contributed by atoms with Gasteiger partial charge in [0.25, 0.3) is 0 Å². The van der Waals surface area contributed by atoms with Gasteiger partial charge in [0.1, 0.15) is 0 Å². The number of nitrogens with zero attached hydrogens (tertiary/aromatic N) is 1. The largest absolute Gasteiger partial charge is 0.454 e. The topological polar surface area (TPSA) is 68.2 Å². The normalized spacial score (nSPS) is 22.2. The molecule has 138 valence electrons. The van der Waals surface area contributed by atoms with Crippen LogP contribution in [0, 0.1) is 5.41 Å². The van der Waals surface area contributed by atoms with Crippen molar-refractivity contribution in [3.63, 3.8) is 0 Å². The van der Waals surface area contributed by atoms with Gasteiger partial charge in [-0.25, -0.2) is 0 Å². The SMILES string of the molecule is COCCC[C@]1(CO)CCCN(C(=O)Cc2ccc3c(c2)OCO3)C1. The Hall–Kier alpha value is -1.79. The molecule has 1 aromatic rings. The predicted molar refractivity (Wildman–Crippen MR) is 92.7 cm³/mol. The number of rotatable bonds is 7. The van der Waals surface area contributed by atoms with Gasteiger partial charge in [-0.05, 0) is 43.4 Å². The van der Waals surface area contributed by atoms with Crippen LogP contribution in [-0.4, -0.2) is 56.1 Å². The van der Waals surface area contributed by atoms with E-state index in [1.807, 2.05) is 23.1 Å². The van der Waals surface area contributed by atoms with E-state index in [2.05, 4.69) is 0 Å². The Bertz CT molecular complexity index is 605. The maximum absolute atomic E-state index is 12.7. The highest BCUT2D eigenvalue weighted by Gasteiger charge is 2.36. The molecule has 0 saturated carbocycles. The van der Waals surface area contributed by atoms with Crippen molar-refractivity contribution in [2.45, 2.75) is 32.1 Å². The Kier molecular flexibility index (Phi) is 5.81. The van der Waals surface area contributed by atoms with Crippen LogP contribution in [0.2, 0.25) is 0 Å². The van der Waals surface area contributed by atoms with Crippen LogP contribution in [0.3, 0.4) is 0 Å². The minimum absolute atomic E-state index is 0.100. The minimum Gasteiger partial charge on any atom is -0.454 e. The quantitative estimate of drug-likeness (QED) is 0.763. The summed E-state index contributed by atoms with van der Waals surface area (Å²) in [5.74, 6) is 1.53. The zero-order valence-electron chi connectivity index (χ0n) is 14.8. The highest BCUT2D eigenvalue weighted by Crippen LogP contribution is 2.35. The summed E-state index contributed by atoms with van der Waals surface area (Å²) in [6.07, 6.45) is 4.02. The molecule has 1 N–H and O–H groups in total. The van der Waals surface area contributed by atoms with Crippen LogP contribution in [-0.2, 0) is 16.0 Å². The highest BCUT2D eigenvalue weighted by atomic mass is 16.7. The molecule has 1 saturated heterocycles. The Labute approximate surface area is 148 Å². The summed E-state index contributed by atoms with van der Waals surface area (Å²) in [7, 11) is 1.69. The van der Waals surface area contributed by atoms with E-state index in [4.69, 9.17) is 14.2 Å². The fourth-order valence-corrected chi connectivity index (χ4v) is 3.76. The van der Waals surface area contributed by atoms with E-state index in [0.29, 0.717) is 25.3 Å². The van der Waals surface area contributed by atoms with Crippen molar-refractivity contribution >= 4 is 5.91 Å². The van der Waals surface area contributed by atoms with Gasteiger partial charge in [0.15, 0.2) is 11.5 Å². The van der Waals surface area contributed by atoms with Crippen molar-refractivity contribution in [3.8, 4) is 11.5 Å². The Morgan fingerprint density at radius 3 is 3.00 bits per heavy atom. The number of carbonyl (C=O) groups is 1. The van der Waals surface area contributed by atoms with Gasteiger partial charge < -0.3 is 24.2 Å². The summed E-state index contributed by atoms with van der Waals surface area (Å²) in [4.78, 5) is 14.6. The van der Waals surface area contributed by atoms with E-state index in [9.17, 15) is 9.90 Å². The fraction of sp³-hybridized carbons (Fsp3) is 0.632.